The number of carbonyl (C=O) groups excluding carboxylic acids is 1. The van der Waals surface area contributed by atoms with Crippen molar-refractivity contribution >= 4 is 35.1 Å². The van der Waals surface area contributed by atoms with Crippen LogP contribution in [-0.4, -0.2) is 54.9 Å². The number of rotatable bonds is 6. The number of aromatic nitrogens is 2. The quantitative estimate of drug-likeness (QED) is 0.256. The van der Waals surface area contributed by atoms with Gasteiger partial charge in [-0.25, -0.2) is 4.68 Å². The van der Waals surface area contributed by atoms with Crippen LogP contribution in [-0.2, 0) is 4.79 Å². The molecule has 3 aromatic rings. The van der Waals surface area contributed by atoms with Crippen LogP contribution in [0.25, 0.3) is 16.9 Å². The summed E-state index contributed by atoms with van der Waals surface area (Å²) >= 11 is 5.33. The van der Waals surface area contributed by atoms with Crippen LogP contribution in [0.1, 0.15) is 12.5 Å². The van der Waals surface area contributed by atoms with E-state index in [-0.39, 0.29) is 18.1 Å². The lowest BCUT2D eigenvalue weighted by Gasteiger charge is -2.14. The molecular formula is C21H18N6O3S. The fourth-order valence-corrected chi connectivity index (χ4v) is 3.52. The standard InChI is InChI=1S/C21H18N6O3S/c1-2-24-14-19(28)26(21(24)31)22-12-16-13-25(17-6-4-3-5-7-17)23-20(16)15-8-10-18(11-9-15)27(29)30/h3-13H,2,14H2,1H3/b22-12-. The number of benzene rings is 2. The van der Waals surface area contributed by atoms with Crippen molar-refractivity contribution in [3.8, 4) is 16.9 Å². The topological polar surface area (TPSA) is 96.9 Å². The summed E-state index contributed by atoms with van der Waals surface area (Å²) in [6.07, 6.45) is 3.32. The zero-order valence-corrected chi connectivity index (χ0v) is 17.4. The highest BCUT2D eigenvalue weighted by Gasteiger charge is 2.31. The maximum atomic E-state index is 12.3. The molecule has 1 amide bonds. The summed E-state index contributed by atoms with van der Waals surface area (Å²) in [4.78, 5) is 24.5. The van der Waals surface area contributed by atoms with Gasteiger partial charge in [0.25, 0.3) is 11.6 Å². The highest BCUT2D eigenvalue weighted by molar-refractivity contribution is 7.80. The molecule has 4 rings (SSSR count). The molecule has 1 aliphatic heterocycles. The Hall–Kier alpha value is -3.92. The van der Waals surface area contributed by atoms with E-state index in [1.165, 1.54) is 23.4 Å². The fraction of sp³-hybridized carbons (Fsp3) is 0.143. The van der Waals surface area contributed by atoms with Gasteiger partial charge < -0.3 is 4.90 Å². The SMILES string of the molecule is CCN1CC(=O)N(/N=C\c2cn(-c3ccccc3)nc2-c2ccc([N+](=O)[O-])cc2)C1=S. The van der Waals surface area contributed by atoms with Crippen LogP contribution < -0.4 is 0 Å². The predicted molar refractivity (Wildman–Crippen MR) is 120 cm³/mol. The molecular weight excluding hydrogens is 416 g/mol. The molecule has 1 saturated heterocycles. The van der Waals surface area contributed by atoms with Gasteiger partial charge in [0, 0.05) is 36.0 Å². The number of likely N-dealkylation sites (N-methyl/N-ethyl adjacent to an activating group) is 1. The van der Waals surface area contributed by atoms with Crippen molar-refractivity contribution in [2.24, 2.45) is 5.10 Å². The number of hydrogen-bond acceptors (Lipinski definition) is 6. The third-order valence-electron chi connectivity index (χ3n) is 4.82. The molecule has 0 unspecified atom stereocenters. The van der Waals surface area contributed by atoms with E-state index in [1.807, 2.05) is 37.3 Å². The lowest BCUT2D eigenvalue weighted by Crippen LogP contribution is -2.29. The van der Waals surface area contributed by atoms with E-state index in [2.05, 4.69) is 10.2 Å². The summed E-state index contributed by atoms with van der Waals surface area (Å²) in [6, 6.07) is 15.7. The molecule has 10 heteroatoms. The Morgan fingerprint density at radius 1 is 1.19 bits per heavy atom. The number of carbonyl (C=O) groups is 1. The van der Waals surface area contributed by atoms with Gasteiger partial charge in [0.05, 0.1) is 16.8 Å². The van der Waals surface area contributed by atoms with Crippen LogP contribution in [0.5, 0.6) is 0 Å². The van der Waals surface area contributed by atoms with Gasteiger partial charge in [-0.05, 0) is 43.4 Å². The highest BCUT2D eigenvalue weighted by atomic mass is 32.1. The molecule has 0 aliphatic carbocycles. The van der Waals surface area contributed by atoms with Gasteiger partial charge >= 0.3 is 0 Å². The smallest absolute Gasteiger partial charge is 0.269 e. The van der Waals surface area contributed by atoms with Gasteiger partial charge in [-0.3, -0.25) is 14.9 Å². The Balaban J connectivity index is 1.73. The van der Waals surface area contributed by atoms with Crippen LogP contribution in [0, 0.1) is 10.1 Å². The maximum absolute atomic E-state index is 12.3. The number of nitro benzene ring substituents is 1. The Morgan fingerprint density at radius 2 is 1.90 bits per heavy atom. The number of hydrazone groups is 1. The summed E-state index contributed by atoms with van der Waals surface area (Å²) in [6.45, 7) is 2.74. The molecule has 0 saturated carbocycles. The van der Waals surface area contributed by atoms with Crippen molar-refractivity contribution < 1.29 is 9.72 Å². The first-order valence-corrected chi connectivity index (χ1v) is 9.94. The minimum Gasteiger partial charge on any atom is -0.338 e. The van der Waals surface area contributed by atoms with Crippen molar-refractivity contribution in [2.75, 3.05) is 13.1 Å². The first-order valence-electron chi connectivity index (χ1n) is 9.53. The van der Waals surface area contributed by atoms with Gasteiger partial charge in [-0.2, -0.15) is 15.2 Å². The highest BCUT2D eigenvalue weighted by Crippen LogP contribution is 2.25. The molecule has 1 fully saturated rings. The molecule has 1 aromatic heterocycles. The maximum Gasteiger partial charge on any atom is 0.269 e. The third kappa shape index (κ3) is 4.05. The van der Waals surface area contributed by atoms with Crippen LogP contribution in [0.3, 0.4) is 0 Å². The molecule has 2 heterocycles. The minimum absolute atomic E-state index is 0.00544. The van der Waals surface area contributed by atoms with Gasteiger partial charge in [-0.1, -0.05) is 18.2 Å². The van der Waals surface area contributed by atoms with Gasteiger partial charge in [0.2, 0.25) is 0 Å². The number of nitrogens with zero attached hydrogens (tertiary/aromatic N) is 6. The first kappa shape index (κ1) is 20.4. The number of amides is 1. The fourth-order valence-electron chi connectivity index (χ4n) is 3.18. The minimum atomic E-state index is -0.450. The summed E-state index contributed by atoms with van der Waals surface area (Å²) in [5.74, 6) is -0.199. The summed E-state index contributed by atoms with van der Waals surface area (Å²) in [7, 11) is 0. The molecule has 9 nitrogen and oxygen atoms in total. The Bertz CT molecular complexity index is 1170. The number of non-ortho nitro benzene ring substituents is 1. The molecule has 156 valence electrons. The number of thiocarbonyl (C=S) groups is 1. The number of para-hydroxylation sites is 1. The third-order valence-corrected chi connectivity index (χ3v) is 5.25. The Kier molecular flexibility index (Phi) is 5.54. The zero-order valence-electron chi connectivity index (χ0n) is 16.6. The second kappa shape index (κ2) is 8.44. The van der Waals surface area contributed by atoms with E-state index < -0.39 is 4.92 Å². The van der Waals surface area contributed by atoms with Crippen molar-refractivity contribution in [1.29, 1.82) is 0 Å². The lowest BCUT2D eigenvalue weighted by atomic mass is 10.1. The van der Waals surface area contributed by atoms with Crippen LogP contribution in [0.4, 0.5) is 5.69 Å². The second-order valence-corrected chi connectivity index (χ2v) is 7.13. The molecule has 1 aliphatic rings. The molecule has 0 N–H and O–H groups in total. The average Bonchev–Trinajstić information content (AvgIpc) is 3.33. The van der Waals surface area contributed by atoms with Crippen molar-refractivity contribution in [1.82, 2.24) is 19.7 Å². The molecule has 31 heavy (non-hydrogen) atoms. The average molecular weight is 434 g/mol. The van der Waals surface area contributed by atoms with Crippen LogP contribution in [0.2, 0.25) is 0 Å². The van der Waals surface area contributed by atoms with Crippen molar-refractivity contribution in [3.63, 3.8) is 0 Å². The monoisotopic (exact) mass is 434 g/mol. The largest absolute Gasteiger partial charge is 0.338 e. The van der Waals surface area contributed by atoms with E-state index in [0.717, 1.165) is 5.69 Å². The van der Waals surface area contributed by atoms with E-state index >= 15 is 0 Å². The summed E-state index contributed by atoms with van der Waals surface area (Å²) < 4.78 is 1.70. The Morgan fingerprint density at radius 3 is 2.52 bits per heavy atom. The number of nitro groups is 1. The molecule has 2 aromatic carbocycles. The Labute approximate surface area is 183 Å². The van der Waals surface area contributed by atoms with Gasteiger partial charge in [-0.15, -0.1) is 0 Å². The van der Waals surface area contributed by atoms with E-state index in [9.17, 15) is 14.9 Å². The van der Waals surface area contributed by atoms with Crippen LogP contribution >= 0.6 is 12.2 Å². The zero-order chi connectivity index (χ0) is 22.0. The van der Waals surface area contributed by atoms with Gasteiger partial charge in [0.1, 0.15) is 12.2 Å². The van der Waals surface area contributed by atoms with Crippen molar-refractivity contribution in [2.45, 2.75) is 6.92 Å². The van der Waals surface area contributed by atoms with E-state index in [4.69, 9.17) is 12.2 Å². The summed E-state index contributed by atoms with van der Waals surface area (Å²) in [5, 5.41) is 21.5. The molecule has 0 radical (unpaired) electrons. The van der Waals surface area contributed by atoms with E-state index in [0.29, 0.717) is 28.5 Å². The molecule has 0 atom stereocenters. The van der Waals surface area contributed by atoms with Gasteiger partial charge in [0.15, 0.2) is 5.11 Å². The lowest BCUT2D eigenvalue weighted by molar-refractivity contribution is -0.384. The van der Waals surface area contributed by atoms with E-state index in [1.54, 1.807) is 27.9 Å². The first-order chi connectivity index (χ1) is 15.0. The summed E-state index contributed by atoms with van der Waals surface area (Å²) in [5.41, 5.74) is 2.74. The normalized spacial score (nSPS) is 14.1. The second-order valence-electron chi connectivity index (χ2n) is 6.76. The van der Waals surface area contributed by atoms with Crippen LogP contribution in [0.15, 0.2) is 65.9 Å². The number of hydrogen-bond donors (Lipinski definition) is 0. The molecule has 0 spiro atoms. The van der Waals surface area contributed by atoms with Crippen molar-refractivity contribution in [3.05, 3.63) is 76.5 Å². The predicted octanol–water partition coefficient (Wildman–Crippen LogP) is 3.23. The molecule has 0 bridgehead atoms.